The lowest BCUT2D eigenvalue weighted by atomic mass is 10.1. The van der Waals surface area contributed by atoms with Gasteiger partial charge in [-0.3, -0.25) is 4.79 Å². The summed E-state index contributed by atoms with van der Waals surface area (Å²) in [5.41, 5.74) is 6.02. The third-order valence-electron chi connectivity index (χ3n) is 1.55. The quantitative estimate of drug-likeness (QED) is 0.664. The molecule has 0 aliphatic heterocycles. The van der Waals surface area contributed by atoms with Gasteiger partial charge in [-0.2, -0.15) is 0 Å². The van der Waals surface area contributed by atoms with Gasteiger partial charge in [0.1, 0.15) is 0 Å². The van der Waals surface area contributed by atoms with Crippen LogP contribution in [0.4, 0.5) is 10.5 Å². The zero-order chi connectivity index (χ0) is 10.6. The molecule has 0 aliphatic rings. The summed E-state index contributed by atoms with van der Waals surface area (Å²) in [5, 5.41) is 10.9. The number of aliphatic carboxylic acids is 1. The monoisotopic (exact) mass is 194 g/mol. The molecule has 0 fully saturated rings. The second kappa shape index (κ2) is 4.27. The van der Waals surface area contributed by atoms with E-state index in [9.17, 15) is 9.59 Å². The van der Waals surface area contributed by atoms with Crippen LogP contribution in [0.2, 0.25) is 0 Å². The Morgan fingerprint density at radius 3 is 2.71 bits per heavy atom. The second-order valence-electron chi connectivity index (χ2n) is 2.76. The van der Waals surface area contributed by atoms with E-state index in [4.69, 9.17) is 10.8 Å². The number of rotatable bonds is 3. The summed E-state index contributed by atoms with van der Waals surface area (Å²) < 4.78 is 0. The molecule has 2 amide bonds. The molecule has 0 saturated carbocycles. The number of benzene rings is 1. The van der Waals surface area contributed by atoms with Crippen molar-refractivity contribution < 1.29 is 14.7 Å². The molecule has 74 valence electrons. The molecule has 0 aliphatic carbocycles. The lowest BCUT2D eigenvalue weighted by Gasteiger charge is -2.03. The van der Waals surface area contributed by atoms with Gasteiger partial charge in [0.05, 0.1) is 6.42 Å². The van der Waals surface area contributed by atoms with Crippen molar-refractivity contribution in [3.05, 3.63) is 29.8 Å². The predicted molar refractivity (Wildman–Crippen MR) is 51.0 cm³/mol. The van der Waals surface area contributed by atoms with E-state index >= 15 is 0 Å². The third kappa shape index (κ3) is 3.14. The summed E-state index contributed by atoms with van der Waals surface area (Å²) in [5.74, 6) is -0.916. The van der Waals surface area contributed by atoms with Gasteiger partial charge in [0.25, 0.3) is 0 Å². The minimum absolute atomic E-state index is 0.0751. The first-order chi connectivity index (χ1) is 6.58. The topological polar surface area (TPSA) is 92.4 Å². The first-order valence-corrected chi connectivity index (χ1v) is 3.95. The molecule has 0 heterocycles. The Hall–Kier alpha value is -2.04. The molecule has 14 heavy (non-hydrogen) atoms. The van der Waals surface area contributed by atoms with Gasteiger partial charge in [-0.25, -0.2) is 4.79 Å². The first kappa shape index (κ1) is 10.0. The van der Waals surface area contributed by atoms with Crippen molar-refractivity contribution >= 4 is 17.7 Å². The van der Waals surface area contributed by atoms with E-state index in [1.807, 2.05) is 0 Å². The average molecular weight is 194 g/mol. The van der Waals surface area contributed by atoms with Crippen LogP contribution in [0, 0.1) is 0 Å². The van der Waals surface area contributed by atoms with Gasteiger partial charge in [-0.15, -0.1) is 0 Å². The number of anilines is 1. The van der Waals surface area contributed by atoms with Gasteiger partial charge in [0.15, 0.2) is 0 Å². The molecule has 0 unspecified atom stereocenters. The van der Waals surface area contributed by atoms with E-state index in [-0.39, 0.29) is 6.42 Å². The Labute approximate surface area is 80.5 Å². The normalized spacial score (nSPS) is 9.43. The molecule has 0 bridgehead atoms. The SMILES string of the molecule is NC(=O)Nc1cccc(CC(=O)O)c1. The van der Waals surface area contributed by atoms with Crippen molar-refractivity contribution in [1.29, 1.82) is 0 Å². The van der Waals surface area contributed by atoms with Crippen LogP contribution in [-0.2, 0) is 11.2 Å². The van der Waals surface area contributed by atoms with E-state index in [0.29, 0.717) is 11.3 Å². The van der Waals surface area contributed by atoms with Gasteiger partial charge < -0.3 is 16.2 Å². The number of urea groups is 1. The van der Waals surface area contributed by atoms with Crippen molar-refractivity contribution in [2.75, 3.05) is 5.32 Å². The smallest absolute Gasteiger partial charge is 0.316 e. The number of carbonyl (C=O) groups is 2. The number of primary amides is 1. The van der Waals surface area contributed by atoms with Gasteiger partial charge >= 0.3 is 12.0 Å². The molecule has 5 nitrogen and oxygen atoms in total. The fourth-order valence-corrected chi connectivity index (χ4v) is 1.08. The fourth-order valence-electron chi connectivity index (χ4n) is 1.08. The van der Waals surface area contributed by atoms with Crippen molar-refractivity contribution in [1.82, 2.24) is 0 Å². The third-order valence-corrected chi connectivity index (χ3v) is 1.55. The number of nitrogens with one attached hydrogen (secondary N) is 1. The van der Waals surface area contributed by atoms with Crippen LogP contribution in [0.3, 0.4) is 0 Å². The Morgan fingerprint density at radius 1 is 1.43 bits per heavy atom. The number of carboxylic acid groups (broad SMARTS) is 1. The maximum absolute atomic E-state index is 10.5. The Morgan fingerprint density at radius 2 is 2.14 bits per heavy atom. The van der Waals surface area contributed by atoms with Crippen molar-refractivity contribution in [3.8, 4) is 0 Å². The van der Waals surface area contributed by atoms with Crippen molar-refractivity contribution in [2.45, 2.75) is 6.42 Å². The van der Waals surface area contributed by atoms with E-state index in [2.05, 4.69) is 5.32 Å². The maximum Gasteiger partial charge on any atom is 0.316 e. The highest BCUT2D eigenvalue weighted by Gasteiger charge is 2.01. The number of carboxylic acids is 1. The van der Waals surface area contributed by atoms with E-state index < -0.39 is 12.0 Å². The van der Waals surface area contributed by atoms with Crippen LogP contribution >= 0.6 is 0 Å². The standard InChI is InChI=1S/C9H10N2O3/c10-9(14)11-7-3-1-2-6(4-7)5-8(12)13/h1-4H,5H2,(H,12,13)(H3,10,11,14). The Bertz CT molecular complexity index is 332. The zero-order valence-electron chi connectivity index (χ0n) is 7.36. The molecule has 5 heteroatoms. The molecular weight excluding hydrogens is 184 g/mol. The van der Waals surface area contributed by atoms with Crippen LogP contribution in [0.1, 0.15) is 5.56 Å². The molecule has 1 aromatic carbocycles. The number of hydrogen-bond donors (Lipinski definition) is 3. The minimum Gasteiger partial charge on any atom is -0.481 e. The van der Waals surface area contributed by atoms with Crippen LogP contribution < -0.4 is 11.1 Å². The van der Waals surface area contributed by atoms with Gasteiger partial charge in [0, 0.05) is 5.69 Å². The van der Waals surface area contributed by atoms with E-state index in [0.717, 1.165) is 0 Å². The summed E-state index contributed by atoms with van der Waals surface area (Å²) in [4.78, 5) is 20.9. The summed E-state index contributed by atoms with van der Waals surface area (Å²) in [7, 11) is 0. The van der Waals surface area contributed by atoms with Gasteiger partial charge in [0.2, 0.25) is 0 Å². The van der Waals surface area contributed by atoms with Crippen LogP contribution in [0.15, 0.2) is 24.3 Å². The van der Waals surface area contributed by atoms with Gasteiger partial charge in [-0.1, -0.05) is 12.1 Å². The number of hydrogen-bond acceptors (Lipinski definition) is 2. The predicted octanol–water partition coefficient (Wildman–Crippen LogP) is 0.804. The maximum atomic E-state index is 10.5. The summed E-state index contributed by atoms with van der Waals surface area (Å²) in [6.07, 6.45) is -0.0751. The molecule has 0 spiro atoms. The van der Waals surface area contributed by atoms with Crippen molar-refractivity contribution in [2.24, 2.45) is 5.73 Å². The lowest BCUT2D eigenvalue weighted by molar-refractivity contribution is -0.136. The number of carbonyl (C=O) groups excluding carboxylic acids is 1. The zero-order valence-corrected chi connectivity index (χ0v) is 7.36. The van der Waals surface area contributed by atoms with Gasteiger partial charge in [-0.05, 0) is 17.7 Å². The lowest BCUT2D eigenvalue weighted by Crippen LogP contribution is -2.19. The average Bonchev–Trinajstić information content (AvgIpc) is 2.01. The van der Waals surface area contributed by atoms with Crippen LogP contribution in [0.5, 0.6) is 0 Å². The highest BCUT2D eigenvalue weighted by molar-refractivity contribution is 5.88. The Balaban J connectivity index is 2.78. The summed E-state index contributed by atoms with van der Waals surface area (Å²) >= 11 is 0. The number of amides is 2. The molecular formula is C9H10N2O3. The van der Waals surface area contributed by atoms with Crippen LogP contribution in [0.25, 0.3) is 0 Å². The molecule has 1 aromatic rings. The summed E-state index contributed by atoms with van der Waals surface area (Å²) in [6.45, 7) is 0. The van der Waals surface area contributed by atoms with E-state index in [1.54, 1.807) is 24.3 Å². The number of nitrogens with two attached hydrogens (primary N) is 1. The largest absolute Gasteiger partial charge is 0.481 e. The molecule has 4 N–H and O–H groups in total. The Kier molecular flexibility index (Phi) is 3.06. The molecule has 1 rings (SSSR count). The first-order valence-electron chi connectivity index (χ1n) is 3.95. The molecule has 0 aromatic heterocycles. The van der Waals surface area contributed by atoms with E-state index in [1.165, 1.54) is 0 Å². The summed E-state index contributed by atoms with van der Waals surface area (Å²) in [6, 6.07) is 5.86. The highest BCUT2D eigenvalue weighted by atomic mass is 16.4. The molecule has 0 atom stereocenters. The van der Waals surface area contributed by atoms with Crippen molar-refractivity contribution in [3.63, 3.8) is 0 Å². The molecule has 0 saturated heterocycles. The van der Waals surface area contributed by atoms with Crippen LogP contribution in [-0.4, -0.2) is 17.1 Å². The second-order valence-corrected chi connectivity index (χ2v) is 2.76. The minimum atomic E-state index is -0.916. The fraction of sp³-hybridized carbons (Fsp3) is 0.111. The highest BCUT2D eigenvalue weighted by Crippen LogP contribution is 2.10. The molecule has 0 radical (unpaired) electrons.